The minimum absolute atomic E-state index is 0.0202. The standard InChI is InChI=1S/C22H34F3NO3S/c1-20-11-9-15(26(3)4)13-14(20)5-6-16-17-7-8-19(21(17,2)12-10-18(16)20)29-30(27,28)22(23,24)25/h8,14-18H,5-7,9-13H2,1-4H3/t14-,15-,16-,17-,18-,20-,21-/m0/s1. The first kappa shape index (κ1) is 22.4. The molecule has 7 atom stereocenters. The molecule has 0 aromatic heterocycles. The molecule has 0 heterocycles. The van der Waals surface area contributed by atoms with Crippen molar-refractivity contribution < 1.29 is 25.8 Å². The predicted octanol–water partition coefficient (Wildman–Crippen LogP) is 5.32. The average molecular weight is 450 g/mol. The molecule has 0 aliphatic heterocycles. The summed E-state index contributed by atoms with van der Waals surface area (Å²) < 4.78 is 66.6. The van der Waals surface area contributed by atoms with Crippen LogP contribution in [0.2, 0.25) is 0 Å². The minimum Gasteiger partial charge on any atom is -0.380 e. The van der Waals surface area contributed by atoms with Gasteiger partial charge in [0.25, 0.3) is 0 Å². The Hall–Kier alpha value is -0.760. The molecule has 0 saturated heterocycles. The molecule has 0 N–H and O–H groups in total. The van der Waals surface area contributed by atoms with Crippen molar-refractivity contribution in [3.8, 4) is 0 Å². The monoisotopic (exact) mass is 449 g/mol. The lowest BCUT2D eigenvalue weighted by Crippen LogP contribution is -2.54. The molecule has 3 fully saturated rings. The van der Waals surface area contributed by atoms with Crippen LogP contribution in [-0.4, -0.2) is 39.0 Å². The first-order valence-corrected chi connectivity index (χ1v) is 12.6. The maximum Gasteiger partial charge on any atom is 0.534 e. The SMILES string of the molecule is CN(C)[C@H]1CC[C@@]2(C)[C@@H](CC[C@@H]3[C@@H]2CC[C@]2(C)C(OS(=O)(=O)C(F)(F)F)=CC[C@@H]32)C1. The first-order valence-electron chi connectivity index (χ1n) is 11.2. The lowest BCUT2D eigenvalue weighted by atomic mass is 9.45. The molecule has 0 bridgehead atoms. The summed E-state index contributed by atoms with van der Waals surface area (Å²) in [6, 6.07) is 0.634. The summed E-state index contributed by atoms with van der Waals surface area (Å²) in [4.78, 5) is 2.34. The zero-order chi connectivity index (χ0) is 22.1. The maximum atomic E-state index is 12.9. The maximum absolute atomic E-state index is 12.9. The summed E-state index contributed by atoms with van der Waals surface area (Å²) in [6.07, 6.45) is 9.72. The lowest BCUT2D eigenvalue weighted by Gasteiger charge is -2.61. The average Bonchev–Trinajstić information content (AvgIpc) is 2.96. The Balaban J connectivity index is 1.54. The van der Waals surface area contributed by atoms with Crippen LogP contribution in [0.4, 0.5) is 13.2 Å². The minimum atomic E-state index is -5.62. The van der Waals surface area contributed by atoms with Crippen LogP contribution in [-0.2, 0) is 14.3 Å². The molecule has 4 nitrogen and oxygen atoms in total. The second-order valence-electron chi connectivity index (χ2n) is 10.8. The van der Waals surface area contributed by atoms with E-state index in [1.807, 2.05) is 6.92 Å². The zero-order valence-corrected chi connectivity index (χ0v) is 19.2. The van der Waals surface area contributed by atoms with Gasteiger partial charge in [-0.2, -0.15) is 21.6 Å². The van der Waals surface area contributed by atoms with Crippen molar-refractivity contribution in [3.63, 3.8) is 0 Å². The highest BCUT2D eigenvalue weighted by atomic mass is 32.2. The van der Waals surface area contributed by atoms with E-state index >= 15 is 0 Å². The van der Waals surface area contributed by atoms with Crippen molar-refractivity contribution in [2.24, 2.45) is 34.5 Å². The Morgan fingerprint density at radius 2 is 1.77 bits per heavy atom. The normalized spacial score (nSPS) is 44.1. The summed E-state index contributed by atoms with van der Waals surface area (Å²) in [5.74, 6) is 1.86. The molecule has 30 heavy (non-hydrogen) atoms. The molecule has 0 aromatic rings. The van der Waals surface area contributed by atoms with Gasteiger partial charge in [-0.1, -0.05) is 13.8 Å². The van der Waals surface area contributed by atoms with E-state index in [9.17, 15) is 21.6 Å². The smallest absolute Gasteiger partial charge is 0.380 e. The quantitative estimate of drug-likeness (QED) is 0.432. The molecule has 8 heteroatoms. The number of hydrogen-bond acceptors (Lipinski definition) is 4. The van der Waals surface area contributed by atoms with Gasteiger partial charge in [0, 0.05) is 11.5 Å². The van der Waals surface area contributed by atoms with Crippen LogP contribution in [0.1, 0.15) is 65.2 Å². The van der Waals surface area contributed by atoms with Gasteiger partial charge in [0.15, 0.2) is 0 Å². The molecule has 0 radical (unpaired) electrons. The Morgan fingerprint density at radius 3 is 2.40 bits per heavy atom. The molecule has 4 rings (SSSR count). The number of rotatable bonds is 3. The van der Waals surface area contributed by atoms with Crippen LogP contribution >= 0.6 is 0 Å². The number of fused-ring (bicyclic) bond motifs is 5. The molecule has 0 spiro atoms. The van der Waals surface area contributed by atoms with Crippen LogP contribution in [0, 0.1) is 34.5 Å². The predicted molar refractivity (Wildman–Crippen MR) is 109 cm³/mol. The van der Waals surface area contributed by atoms with Crippen LogP contribution < -0.4 is 0 Å². The third-order valence-electron chi connectivity index (χ3n) is 9.36. The van der Waals surface area contributed by atoms with E-state index < -0.39 is 21.0 Å². The van der Waals surface area contributed by atoms with Gasteiger partial charge in [-0.05, 0) is 101 Å². The van der Waals surface area contributed by atoms with E-state index in [-0.39, 0.29) is 17.1 Å². The third-order valence-corrected chi connectivity index (χ3v) is 10.3. The van der Waals surface area contributed by atoms with Gasteiger partial charge in [0.05, 0.1) is 0 Å². The zero-order valence-electron chi connectivity index (χ0n) is 18.3. The van der Waals surface area contributed by atoms with E-state index in [0.29, 0.717) is 36.6 Å². The van der Waals surface area contributed by atoms with Crippen molar-refractivity contribution in [2.75, 3.05) is 14.1 Å². The van der Waals surface area contributed by atoms with Crippen molar-refractivity contribution >= 4 is 10.1 Å². The Morgan fingerprint density at radius 1 is 1.07 bits per heavy atom. The summed E-state index contributed by atoms with van der Waals surface area (Å²) in [5.41, 5.74) is -5.74. The van der Waals surface area contributed by atoms with E-state index in [1.165, 1.54) is 19.3 Å². The van der Waals surface area contributed by atoms with Crippen molar-refractivity contribution in [1.82, 2.24) is 4.90 Å². The van der Waals surface area contributed by atoms with Gasteiger partial charge in [0.2, 0.25) is 0 Å². The number of nitrogens with zero attached hydrogens (tertiary/aromatic N) is 1. The summed E-state index contributed by atoms with van der Waals surface area (Å²) in [5, 5.41) is 0. The van der Waals surface area contributed by atoms with Crippen molar-refractivity contribution in [3.05, 3.63) is 11.8 Å². The Labute approximate surface area is 178 Å². The van der Waals surface area contributed by atoms with Crippen LogP contribution in [0.5, 0.6) is 0 Å². The fourth-order valence-corrected chi connectivity index (χ4v) is 8.12. The second kappa shape index (κ2) is 7.12. The molecule has 3 saturated carbocycles. The number of hydrogen-bond donors (Lipinski definition) is 0. The highest BCUT2D eigenvalue weighted by Crippen LogP contribution is 2.66. The van der Waals surface area contributed by atoms with Gasteiger partial charge in [-0.15, -0.1) is 0 Å². The number of allylic oxidation sites excluding steroid dienone is 2. The molecule has 0 aromatic carbocycles. The largest absolute Gasteiger partial charge is 0.534 e. The summed E-state index contributed by atoms with van der Waals surface area (Å²) >= 11 is 0. The molecular formula is C22H34F3NO3S. The van der Waals surface area contributed by atoms with Crippen molar-refractivity contribution in [1.29, 1.82) is 0 Å². The van der Waals surface area contributed by atoms with E-state index in [4.69, 9.17) is 4.18 Å². The molecule has 4 aliphatic carbocycles. The first-order chi connectivity index (χ1) is 13.8. The lowest BCUT2D eigenvalue weighted by molar-refractivity contribution is -0.113. The second-order valence-corrected chi connectivity index (χ2v) is 12.3. The topological polar surface area (TPSA) is 46.6 Å². The summed E-state index contributed by atoms with van der Waals surface area (Å²) in [6.45, 7) is 4.35. The van der Waals surface area contributed by atoms with Gasteiger partial charge < -0.3 is 9.08 Å². The van der Waals surface area contributed by atoms with Gasteiger partial charge in [-0.25, -0.2) is 0 Å². The van der Waals surface area contributed by atoms with Crippen molar-refractivity contribution in [2.45, 2.75) is 76.8 Å². The number of halogens is 3. The molecule has 172 valence electrons. The van der Waals surface area contributed by atoms with E-state index in [1.54, 1.807) is 6.08 Å². The van der Waals surface area contributed by atoms with Gasteiger partial charge in [-0.3, -0.25) is 0 Å². The molecule has 4 aliphatic rings. The van der Waals surface area contributed by atoms with E-state index in [2.05, 4.69) is 25.9 Å². The van der Waals surface area contributed by atoms with Gasteiger partial charge >= 0.3 is 15.6 Å². The molecular weight excluding hydrogens is 415 g/mol. The molecule has 0 unspecified atom stereocenters. The third kappa shape index (κ3) is 3.31. The Kier molecular flexibility index (Phi) is 5.33. The highest BCUT2D eigenvalue weighted by Gasteiger charge is 2.60. The van der Waals surface area contributed by atoms with Crippen LogP contribution in [0.3, 0.4) is 0 Å². The number of alkyl halides is 3. The van der Waals surface area contributed by atoms with E-state index in [0.717, 1.165) is 19.3 Å². The van der Waals surface area contributed by atoms with Gasteiger partial charge in [0.1, 0.15) is 5.76 Å². The Bertz CT molecular complexity index is 824. The summed E-state index contributed by atoms with van der Waals surface area (Å²) in [7, 11) is -1.30. The highest BCUT2D eigenvalue weighted by molar-refractivity contribution is 7.87. The van der Waals surface area contributed by atoms with Crippen LogP contribution in [0.15, 0.2) is 11.8 Å². The molecule has 0 amide bonds. The fraction of sp³-hybridized carbons (Fsp3) is 0.909. The van der Waals surface area contributed by atoms with Crippen LogP contribution in [0.25, 0.3) is 0 Å². The fourth-order valence-electron chi connectivity index (χ4n) is 7.53.